The highest BCUT2D eigenvalue weighted by Gasteiger charge is 2.42. The molecule has 2 fully saturated rings. The van der Waals surface area contributed by atoms with Crippen LogP contribution in [0.4, 0.5) is 0 Å². The first-order chi connectivity index (χ1) is 9.49. The van der Waals surface area contributed by atoms with Crippen molar-refractivity contribution in [1.29, 1.82) is 0 Å². The second-order valence-corrected chi connectivity index (χ2v) is 6.69. The Hall–Kier alpha value is -1.10. The van der Waals surface area contributed by atoms with Crippen molar-refractivity contribution in [3.05, 3.63) is 0 Å². The molecule has 2 aliphatic carbocycles. The van der Waals surface area contributed by atoms with Crippen molar-refractivity contribution in [2.75, 3.05) is 6.54 Å². The van der Waals surface area contributed by atoms with Gasteiger partial charge in [0, 0.05) is 6.42 Å². The van der Waals surface area contributed by atoms with Crippen LogP contribution in [0.15, 0.2) is 0 Å². The van der Waals surface area contributed by atoms with Crippen molar-refractivity contribution in [2.24, 2.45) is 11.1 Å². The molecule has 2 aliphatic rings. The van der Waals surface area contributed by atoms with E-state index in [1.807, 2.05) is 0 Å². The first-order valence-corrected chi connectivity index (χ1v) is 7.72. The van der Waals surface area contributed by atoms with Gasteiger partial charge in [0.05, 0.1) is 12.0 Å². The van der Waals surface area contributed by atoms with E-state index >= 15 is 0 Å². The molecule has 0 unspecified atom stereocenters. The van der Waals surface area contributed by atoms with Gasteiger partial charge in [0.15, 0.2) is 0 Å². The number of carboxylic acid groups (broad SMARTS) is 1. The molecule has 0 aromatic rings. The Morgan fingerprint density at radius 1 is 1.00 bits per heavy atom. The summed E-state index contributed by atoms with van der Waals surface area (Å²) < 4.78 is 0. The first kappa shape index (κ1) is 15.3. The Bertz CT molecular complexity index is 371. The number of nitrogens with one attached hydrogen (secondary N) is 1. The van der Waals surface area contributed by atoms with Crippen LogP contribution in [0.1, 0.15) is 64.2 Å². The van der Waals surface area contributed by atoms with Crippen LogP contribution in [0.25, 0.3) is 0 Å². The van der Waals surface area contributed by atoms with Crippen LogP contribution in [-0.2, 0) is 9.59 Å². The maximum Gasteiger partial charge on any atom is 0.305 e. The molecule has 2 saturated carbocycles. The molecule has 0 aromatic carbocycles. The molecule has 5 heteroatoms. The molecule has 1 amide bonds. The van der Waals surface area contributed by atoms with E-state index in [1.165, 1.54) is 6.42 Å². The predicted molar refractivity (Wildman–Crippen MR) is 76.2 cm³/mol. The van der Waals surface area contributed by atoms with Gasteiger partial charge in [-0.3, -0.25) is 9.59 Å². The smallest absolute Gasteiger partial charge is 0.305 e. The lowest BCUT2D eigenvalue weighted by atomic mass is 9.70. The number of aliphatic carboxylic acids is 1. The van der Waals surface area contributed by atoms with E-state index in [-0.39, 0.29) is 17.7 Å². The van der Waals surface area contributed by atoms with Crippen LogP contribution >= 0.6 is 0 Å². The topological polar surface area (TPSA) is 92.4 Å². The van der Waals surface area contributed by atoms with Gasteiger partial charge < -0.3 is 16.2 Å². The number of hydrogen-bond acceptors (Lipinski definition) is 3. The standard InChI is InChI=1S/C15H26N2O3/c16-11-14(5-2-1-3-6-14)9-12(18)17-15(7-4-8-15)10-13(19)20/h1-11,16H2,(H,17,18)(H,19,20). The van der Waals surface area contributed by atoms with Gasteiger partial charge in [0.2, 0.25) is 5.91 Å². The van der Waals surface area contributed by atoms with Crippen LogP contribution < -0.4 is 11.1 Å². The molecule has 0 heterocycles. The number of carbonyl (C=O) groups is 2. The summed E-state index contributed by atoms with van der Waals surface area (Å²) in [5.74, 6) is -0.852. The van der Waals surface area contributed by atoms with Crippen molar-refractivity contribution < 1.29 is 14.7 Å². The fourth-order valence-corrected chi connectivity index (χ4v) is 3.67. The lowest BCUT2D eigenvalue weighted by molar-refractivity contribution is -0.140. The van der Waals surface area contributed by atoms with Crippen LogP contribution in [-0.4, -0.2) is 29.1 Å². The minimum absolute atomic E-state index is 0.0155. The number of rotatable bonds is 6. The summed E-state index contributed by atoms with van der Waals surface area (Å²) in [5, 5.41) is 12.0. The van der Waals surface area contributed by atoms with Crippen molar-refractivity contribution in [3.63, 3.8) is 0 Å². The third-order valence-electron chi connectivity index (χ3n) is 5.09. The maximum absolute atomic E-state index is 12.3. The maximum atomic E-state index is 12.3. The van der Waals surface area contributed by atoms with Gasteiger partial charge in [-0.2, -0.15) is 0 Å². The average Bonchev–Trinajstić information content (AvgIpc) is 2.36. The molecule has 0 aliphatic heterocycles. The highest BCUT2D eigenvalue weighted by Crippen LogP contribution is 2.40. The number of nitrogens with two attached hydrogens (primary N) is 1. The van der Waals surface area contributed by atoms with Crippen molar-refractivity contribution in [2.45, 2.75) is 69.7 Å². The Morgan fingerprint density at radius 3 is 2.10 bits per heavy atom. The van der Waals surface area contributed by atoms with Crippen LogP contribution in [0.3, 0.4) is 0 Å². The van der Waals surface area contributed by atoms with E-state index in [9.17, 15) is 9.59 Å². The SMILES string of the molecule is NCC1(CC(=O)NC2(CC(=O)O)CCC2)CCCCC1. The van der Waals surface area contributed by atoms with Gasteiger partial charge in [-0.15, -0.1) is 0 Å². The fraction of sp³-hybridized carbons (Fsp3) is 0.867. The van der Waals surface area contributed by atoms with Gasteiger partial charge in [0.1, 0.15) is 0 Å². The van der Waals surface area contributed by atoms with E-state index in [4.69, 9.17) is 10.8 Å². The number of carbonyl (C=O) groups excluding carboxylic acids is 1. The molecule has 0 radical (unpaired) electrons. The Balaban J connectivity index is 1.92. The Kier molecular flexibility index (Phi) is 4.68. The quantitative estimate of drug-likeness (QED) is 0.692. The van der Waals surface area contributed by atoms with E-state index in [0.717, 1.165) is 44.9 Å². The zero-order chi connectivity index (χ0) is 14.6. The predicted octanol–water partition coefficient (Wildman–Crippen LogP) is 1.80. The van der Waals surface area contributed by atoms with Crippen molar-refractivity contribution >= 4 is 11.9 Å². The first-order valence-electron chi connectivity index (χ1n) is 7.72. The van der Waals surface area contributed by atoms with E-state index in [0.29, 0.717) is 13.0 Å². The molecular formula is C15H26N2O3. The summed E-state index contributed by atoms with van der Waals surface area (Å²) in [4.78, 5) is 23.2. The van der Waals surface area contributed by atoms with Crippen molar-refractivity contribution in [3.8, 4) is 0 Å². The summed E-state index contributed by atoms with van der Waals surface area (Å²) in [5.41, 5.74) is 5.35. The van der Waals surface area contributed by atoms with Gasteiger partial charge in [-0.25, -0.2) is 0 Å². The second-order valence-electron chi connectivity index (χ2n) is 6.69. The Morgan fingerprint density at radius 2 is 1.65 bits per heavy atom. The molecule has 5 nitrogen and oxygen atoms in total. The molecule has 0 saturated heterocycles. The van der Waals surface area contributed by atoms with Crippen molar-refractivity contribution in [1.82, 2.24) is 5.32 Å². The summed E-state index contributed by atoms with van der Waals surface area (Å²) in [6.45, 7) is 0.548. The molecule has 4 N–H and O–H groups in total. The van der Waals surface area contributed by atoms with Gasteiger partial charge in [-0.1, -0.05) is 19.3 Å². The minimum Gasteiger partial charge on any atom is -0.481 e. The fourth-order valence-electron chi connectivity index (χ4n) is 3.67. The molecule has 2 rings (SSSR count). The van der Waals surface area contributed by atoms with E-state index in [1.54, 1.807) is 0 Å². The van der Waals surface area contributed by atoms with Crippen LogP contribution in [0, 0.1) is 5.41 Å². The molecule has 0 bridgehead atoms. The monoisotopic (exact) mass is 282 g/mol. The molecule has 0 spiro atoms. The van der Waals surface area contributed by atoms with Crippen LogP contribution in [0.2, 0.25) is 0 Å². The minimum atomic E-state index is -0.837. The summed E-state index contributed by atoms with van der Waals surface area (Å²) in [7, 11) is 0. The van der Waals surface area contributed by atoms with Gasteiger partial charge in [-0.05, 0) is 44.1 Å². The normalized spacial score (nSPS) is 23.6. The zero-order valence-corrected chi connectivity index (χ0v) is 12.1. The molecule has 20 heavy (non-hydrogen) atoms. The van der Waals surface area contributed by atoms with Gasteiger partial charge in [0.25, 0.3) is 0 Å². The largest absolute Gasteiger partial charge is 0.481 e. The number of hydrogen-bond donors (Lipinski definition) is 3. The molecule has 114 valence electrons. The molecule has 0 atom stereocenters. The average molecular weight is 282 g/mol. The zero-order valence-electron chi connectivity index (χ0n) is 12.1. The highest BCUT2D eigenvalue weighted by molar-refractivity contribution is 5.79. The summed E-state index contributed by atoms with van der Waals surface area (Å²) in [6.07, 6.45) is 8.59. The third-order valence-corrected chi connectivity index (χ3v) is 5.09. The van der Waals surface area contributed by atoms with E-state index < -0.39 is 11.5 Å². The number of carboxylic acids is 1. The van der Waals surface area contributed by atoms with Crippen LogP contribution in [0.5, 0.6) is 0 Å². The summed E-state index contributed by atoms with van der Waals surface area (Å²) >= 11 is 0. The van der Waals surface area contributed by atoms with E-state index in [2.05, 4.69) is 5.32 Å². The molecular weight excluding hydrogens is 256 g/mol. The molecule has 0 aromatic heterocycles. The Labute approximate surface area is 120 Å². The van der Waals surface area contributed by atoms with Gasteiger partial charge >= 0.3 is 5.97 Å². The second kappa shape index (κ2) is 6.12. The summed E-state index contributed by atoms with van der Waals surface area (Å²) in [6, 6.07) is 0. The number of amides is 1. The highest BCUT2D eigenvalue weighted by atomic mass is 16.4. The lowest BCUT2D eigenvalue weighted by Gasteiger charge is -2.43. The lowest BCUT2D eigenvalue weighted by Crippen LogP contribution is -2.55. The third kappa shape index (κ3) is 3.51.